The van der Waals surface area contributed by atoms with Crippen molar-refractivity contribution in [2.45, 2.75) is 52.5 Å². The fraction of sp³-hybridized carbons (Fsp3) is 0.625. The molecule has 0 amide bonds. The summed E-state index contributed by atoms with van der Waals surface area (Å²) >= 11 is 0. The Morgan fingerprint density at radius 1 is 1.17 bits per heavy atom. The van der Waals surface area contributed by atoms with Gasteiger partial charge in [-0.3, -0.25) is 0 Å². The molecule has 2 heteroatoms. The molecule has 0 aromatic heterocycles. The molecule has 18 heavy (non-hydrogen) atoms. The van der Waals surface area contributed by atoms with Crippen LogP contribution in [0.4, 0.5) is 4.39 Å². The number of rotatable bonds is 8. The highest BCUT2D eigenvalue weighted by atomic mass is 19.1. The Morgan fingerprint density at radius 3 is 2.50 bits per heavy atom. The van der Waals surface area contributed by atoms with E-state index in [1.807, 2.05) is 12.1 Å². The van der Waals surface area contributed by atoms with Crippen molar-refractivity contribution in [3.05, 3.63) is 35.6 Å². The van der Waals surface area contributed by atoms with Crippen LogP contribution in [0.5, 0.6) is 0 Å². The van der Waals surface area contributed by atoms with E-state index < -0.39 is 0 Å². The monoisotopic (exact) mass is 251 g/mol. The zero-order chi connectivity index (χ0) is 13.4. The molecule has 1 aromatic rings. The minimum atomic E-state index is -0.0792. The molecule has 0 saturated carbocycles. The highest BCUT2D eigenvalue weighted by Crippen LogP contribution is 2.17. The van der Waals surface area contributed by atoms with Gasteiger partial charge < -0.3 is 5.32 Å². The standard InChI is InChI=1S/C16H26FN/c1-4-8-13(3)16(18-11-5-2)12-14-9-6-7-10-15(14)17/h6-7,9-10,13,16,18H,4-5,8,11-12H2,1-3H3. The molecule has 0 spiro atoms. The number of benzene rings is 1. The van der Waals surface area contributed by atoms with Gasteiger partial charge in [-0.15, -0.1) is 0 Å². The zero-order valence-electron chi connectivity index (χ0n) is 11.9. The maximum atomic E-state index is 13.7. The van der Waals surface area contributed by atoms with E-state index >= 15 is 0 Å². The van der Waals surface area contributed by atoms with Gasteiger partial charge in [0, 0.05) is 6.04 Å². The second kappa shape index (κ2) is 8.25. The maximum Gasteiger partial charge on any atom is 0.126 e. The van der Waals surface area contributed by atoms with Crippen molar-refractivity contribution in [3.8, 4) is 0 Å². The van der Waals surface area contributed by atoms with Gasteiger partial charge in [0.05, 0.1) is 0 Å². The summed E-state index contributed by atoms with van der Waals surface area (Å²) in [5, 5.41) is 3.56. The van der Waals surface area contributed by atoms with E-state index in [-0.39, 0.29) is 5.82 Å². The summed E-state index contributed by atoms with van der Waals surface area (Å²) in [6, 6.07) is 7.50. The van der Waals surface area contributed by atoms with Crippen LogP contribution in [0.25, 0.3) is 0 Å². The third-order valence-electron chi connectivity index (χ3n) is 3.49. The van der Waals surface area contributed by atoms with Crippen LogP contribution in [-0.2, 0) is 6.42 Å². The molecule has 1 nitrogen and oxygen atoms in total. The molecule has 0 aliphatic heterocycles. The largest absolute Gasteiger partial charge is 0.313 e. The minimum Gasteiger partial charge on any atom is -0.313 e. The lowest BCUT2D eigenvalue weighted by Gasteiger charge is -2.25. The SMILES string of the molecule is CCCNC(Cc1ccccc1F)C(C)CCC. The topological polar surface area (TPSA) is 12.0 Å². The Balaban J connectivity index is 2.68. The molecule has 102 valence electrons. The molecule has 2 atom stereocenters. The quantitative estimate of drug-likeness (QED) is 0.731. The molecular formula is C16H26FN. The van der Waals surface area contributed by atoms with Crippen molar-refractivity contribution in [1.29, 1.82) is 0 Å². The first-order valence-corrected chi connectivity index (χ1v) is 7.15. The Hall–Kier alpha value is -0.890. The van der Waals surface area contributed by atoms with Gasteiger partial charge in [-0.25, -0.2) is 4.39 Å². The molecule has 0 aliphatic carbocycles. The van der Waals surface area contributed by atoms with Crippen LogP contribution in [-0.4, -0.2) is 12.6 Å². The lowest BCUT2D eigenvalue weighted by Crippen LogP contribution is -2.37. The van der Waals surface area contributed by atoms with Crippen LogP contribution in [0.1, 0.15) is 45.6 Å². The van der Waals surface area contributed by atoms with E-state index in [1.54, 1.807) is 12.1 Å². The van der Waals surface area contributed by atoms with Crippen LogP contribution in [0.15, 0.2) is 24.3 Å². The summed E-state index contributed by atoms with van der Waals surface area (Å²) in [6.07, 6.45) is 4.28. The summed E-state index contributed by atoms with van der Waals surface area (Å²) in [5.41, 5.74) is 0.828. The summed E-state index contributed by atoms with van der Waals surface area (Å²) in [6.45, 7) is 7.64. The average Bonchev–Trinajstić information content (AvgIpc) is 2.36. The van der Waals surface area contributed by atoms with Crippen molar-refractivity contribution in [2.24, 2.45) is 5.92 Å². The maximum absolute atomic E-state index is 13.7. The van der Waals surface area contributed by atoms with Crippen LogP contribution < -0.4 is 5.32 Å². The number of hydrogen-bond donors (Lipinski definition) is 1. The third-order valence-corrected chi connectivity index (χ3v) is 3.49. The van der Waals surface area contributed by atoms with E-state index in [9.17, 15) is 4.39 Å². The molecule has 1 N–H and O–H groups in total. The van der Waals surface area contributed by atoms with Gasteiger partial charge in [-0.1, -0.05) is 45.4 Å². The Labute approximate surface area is 111 Å². The highest BCUT2D eigenvalue weighted by molar-refractivity contribution is 5.18. The molecule has 0 radical (unpaired) electrons. The Bertz CT molecular complexity index is 338. The van der Waals surface area contributed by atoms with Gasteiger partial charge in [0.2, 0.25) is 0 Å². The van der Waals surface area contributed by atoms with Crippen LogP contribution in [0.3, 0.4) is 0 Å². The fourth-order valence-corrected chi connectivity index (χ4v) is 2.36. The normalized spacial score (nSPS) is 14.4. The predicted molar refractivity (Wildman–Crippen MR) is 76.3 cm³/mol. The zero-order valence-corrected chi connectivity index (χ0v) is 11.9. The average molecular weight is 251 g/mol. The number of halogens is 1. The first-order valence-electron chi connectivity index (χ1n) is 7.15. The van der Waals surface area contributed by atoms with Gasteiger partial charge >= 0.3 is 0 Å². The molecule has 0 fully saturated rings. The van der Waals surface area contributed by atoms with Crippen molar-refractivity contribution in [3.63, 3.8) is 0 Å². The predicted octanol–water partition coefficient (Wildman–Crippen LogP) is 4.17. The summed E-state index contributed by atoms with van der Waals surface area (Å²) in [4.78, 5) is 0. The highest BCUT2D eigenvalue weighted by Gasteiger charge is 2.17. The first kappa shape index (κ1) is 15.2. The molecule has 1 aromatic carbocycles. The molecule has 0 bridgehead atoms. The second-order valence-corrected chi connectivity index (χ2v) is 5.12. The van der Waals surface area contributed by atoms with Crippen LogP contribution in [0.2, 0.25) is 0 Å². The molecule has 2 unspecified atom stereocenters. The molecular weight excluding hydrogens is 225 g/mol. The van der Waals surface area contributed by atoms with E-state index in [0.717, 1.165) is 24.9 Å². The fourth-order valence-electron chi connectivity index (χ4n) is 2.36. The lowest BCUT2D eigenvalue weighted by molar-refractivity contribution is 0.349. The van der Waals surface area contributed by atoms with Crippen molar-refractivity contribution in [1.82, 2.24) is 5.32 Å². The van der Waals surface area contributed by atoms with Crippen molar-refractivity contribution in [2.75, 3.05) is 6.54 Å². The molecule has 1 rings (SSSR count). The summed E-state index contributed by atoms with van der Waals surface area (Å²) < 4.78 is 13.7. The van der Waals surface area contributed by atoms with Gasteiger partial charge in [-0.2, -0.15) is 0 Å². The van der Waals surface area contributed by atoms with Gasteiger partial charge in [-0.05, 0) is 43.4 Å². The number of nitrogens with one attached hydrogen (secondary N) is 1. The lowest BCUT2D eigenvalue weighted by atomic mass is 9.91. The minimum absolute atomic E-state index is 0.0792. The smallest absolute Gasteiger partial charge is 0.126 e. The first-order chi connectivity index (χ1) is 8.69. The van der Waals surface area contributed by atoms with E-state index in [4.69, 9.17) is 0 Å². The second-order valence-electron chi connectivity index (χ2n) is 5.12. The Morgan fingerprint density at radius 2 is 1.89 bits per heavy atom. The molecule has 0 aliphatic rings. The molecule has 0 saturated heterocycles. The van der Waals surface area contributed by atoms with Crippen molar-refractivity contribution < 1.29 is 4.39 Å². The van der Waals surface area contributed by atoms with Gasteiger partial charge in [0.15, 0.2) is 0 Å². The van der Waals surface area contributed by atoms with E-state index in [1.165, 1.54) is 12.8 Å². The summed E-state index contributed by atoms with van der Waals surface area (Å²) in [7, 11) is 0. The van der Waals surface area contributed by atoms with Gasteiger partial charge in [0.25, 0.3) is 0 Å². The Kier molecular flexibility index (Phi) is 6.96. The summed E-state index contributed by atoms with van der Waals surface area (Å²) in [5.74, 6) is 0.505. The van der Waals surface area contributed by atoms with E-state index in [2.05, 4.69) is 26.1 Å². The van der Waals surface area contributed by atoms with Gasteiger partial charge in [0.1, 0.15) is 5.82 Å². The third kappa shape index (κ3) is 4.77. The van der Waals surface area contributed by atoms with E-state index in [0.29, 0.717) is 12.0 Å². The molecule has 0 heterocycles. The van der Waals surface area contributed by atoms with Crippen molar-refractivity contribution >= 4 is 0 Å². The number of hydrogen-bond acceptors (Lipinski definition) is 1. The van der Waals surface area contributed by atoms with Crippen LogP contribution in [0, 0.1) is 11.7 Å². The van der Waals surface area contributed by atoms with Crippen LogP contribution >= 0.6 is 0 Å².